The molecule has 0 unspecified atom stereocenters. The van der Waals surface area contributed by atoms with Crippen molar-refractivity contribution in [2.24, 2.45) is 10.6 Å². The molecule has 3 N–H and O–H groups in total. The van der Waals surface area contributed by atoms with Crippen molar-refractivity contribution in [3.63, 3.8) is 0 Å². The minimum Gasteiger partial charge on any atom is -0.324 e. The summed E-state index contributed by atoms with van der Waals surface area (Å²) in [6.07, 6.45) is 4.03. The van der Waals surface area contributed by atoms with E-state index in [1.54, 1.807) is 29.3 Å². The number of nitrogens with one attached hydrogen (secondary N) is 1. The summed E-state index contributed by atoms with van der Waals surface area (Å²) in [5, 5.41) is 8.11. The van der Waals surface area contributed by atoms with E-state index in [4.69, 9.17) is 5.14 Å². The maximum absolute atomic E-state index is 12.9. The molecule has 0 radical (unpaired) electrons. The number of hydrogen-bond donors (Lipinski definition) is 2. The first kappa shape index (κ1) is 19.2. The second-order valence-corrected chi connectivity index (χ2v) is 8.19. The first-order chi connectivity index (χ1) is 12.8. The Labute approximate surface area is 158 Å². The molecular formula is C18H23N5O3S. The van der Waals surface area contributed by atoms with E-state index in [-0.39, 0.29) is 16.2 Å². The van der Waals surface area contributed by atoms with Gasteiger partial charge in [-0.15, -0.1) is 0 Å². The highest BCUT2D eigenvalue weighted by Crippen LogP contribution is 2.40. The predicted molar refractivity (Wildman–Crippen MR) is 103 cm³/mol. The van der Waals surface area contributed by atoms with Crippen LogP contribution in [0.5, 0.6) is 0 Å². The average molecular weight is 389 g/mol. The van der Waals surface area contributed by atoms with Crippen molar-refractivity contribution in [1.29, 1.82) is 0 Å². The Kier molecular flexibility index (Phi) is 5.16. The summed E-state index contributed by atoms with van der Waals surface area (Å²) < 4.78 is 22.6. The van der Waals surface area contributed by atoms with Crippen LogP contribution in [0.1, 0.15) is 33.1 Å². The van der Waals surface area contributed by atoms with E-state index >= 15 is 0 Å². The normalized spacial score (nSPS) is 16.6. The highest BCUT2D eigenvalue weighted by molar-refractivity contribution is 7.89. The van der Waals surface area contributed by atoms with Gasteiger partial charge in [-0.3, -0.25) is 9.69 Å². The third kappa shape index (κ3) is 3.79. The van der Waals surface area contributed by atoms with E-state index < -0.39 is 10.0 Å². The fourth-order valence-electron chi connectivity index (χ4n) is 3.36. The molecule has 2 heterocycles. The lowest BCUT2D eigenvalue weighted by Crippen LogP contribution is -2.34. The molecule has 8 nitrogen and oxygen atoms in total. The highest BCUT2D eigenvalue weighted by atomic mass is 32.2. The number of aromatic nitrogens is 2. The molecule has 1 aliphatic rings. The molecule has 27 heavy (non-hydrogen) atoms. The number of rotatable bonds is 6. The molecule has 1 amide bonds. The Bertz CT molecular complexity index is 940. The van der Waals surface area contributed by atoms with Crippen LogP contribution < -0.4 is 15.4 Å². The van der Waals surface area contributed by atoms with Crippen molar-refractivity contribution in [3.8, 4) is 0 Å². The van der Waals surface area contributed by atoms with Gasteiger partial charge < -0.3 is 5.32 Å². The van der Waals surface area contributed by atoms with E-state index in [0.29, 0.717) is 24.0 Å². The van der Waals surface area contributed by atoms with Gasteiger partial charge in [-0.1, -0.05) is 13.8 Å². The number of carbonyl (C=O) groups is 1. The van der Waals surface area contributed by atoms with Crippen LogP contribution in [0.25, 0.3) is 0 Å². The van der Waals surface area contributed by atoms with Crippen LogP contribution in [0.2, 0.25) is 0 Å². The molecule has 0 saturated carbocycles. The van der Waals surface area contributed by atoms with Crippen molar-refractivity contribution in [3.05, 3.63) is 36.5 Å². The van der Waals surface area contributed by atoms with Crippen LogP contribution in [0.4, 0.5) is 17.5 Å². The molecular weight excluding hydrogens is 366 g/mol. The zero-order valence-electron chi connectivity index (χ0n) is 15.3. The topological polar surface area (TPSA) is 118 Å². The van der Waals surface area contributed by atoms with Crippen LogP contribution in [0, 0.1) is 5.41 Å². The molecule has 2 aromatic rings. The number of benzene rings is 1. The lowest BCUT2D eigenvalue weighted by Gasteiger charge is -2.24. The highest BCUT2D eigenvalue weighted by Gasteiger charge is 2.44. The third-order valence-electron chi connectivity index (χ3n) is 5.22. The van der Waals surface area contributed by atoms with Crippen LogP contribution in [0.3, 0.4) is 0 Å². The molecule has 3 rings (SSSR count). The number of hydrogen-bond acceptors (Lipinski definition) is 6. The number of amides is 1. The lowest BCUT2D eigenvalue weighted by molar-refractivity contribution is -0.125. The smallest absolute Gasteiger partial charge is 0.238 e. The van der Waals surface area contributed by atoms with Gasteiger partial charge in [0.1, 0.15) is 5.82 Å². The van der Waals surface area contributed by atoms with Gasteiger partial charge in [-0.25, -0.2) is 18.5 Å². The number of nitrogens with two attached hydrogens (primary N) is 1. The fourth-order valence-corrected chi connectivity index (χ4v) is 3.88. The monoisotopic (exact) mass is 389 g/mol. The number of sulfonamides is 1. The molecule has 0 bridgehead atoms. The molecule has 0 aliphatic carbocycles. The third-order valence-corrected chi connectivity index (χ3v) is 6.15. The van der Waals surface area contributed by atoms with Gasteiger partial charge in [0.15, 0.2) is 0 Å². The molecule has 0 atom stereocenters. The van der Waals surface area contributed by atoms with E-state index in [1.165, 1.54) is 12.1 Å². The van der Waals surface area contributed by atoms with Gasteiger partial charge in [0.05, 0.1) is 10.3 Å². The zero-order chi connectivity index (χ0) is 19.7. The first-order valence-electron chi connectivity index (χ1n) is 8.84. The van der Waals surface area contributed by atoms with Crippen LogP contribution >= 0.6 is 0 Å². The molecule has 0 spiro atoms. The van der Waals surface area contributed by atoms with Crippen molar-refractivity contribution in [2.75, 3.05) is 16.8 Å². The second-order valence-electron chi connectivity index (χ2n) is 6.63. The lowest BCUT2D eigenvalue weighted by atomic mass is 9.81. The quantitative estimate of drug-likeness (QED) is 0.783. The van der Waals surface area contributed by atoms with Crippen LogP contribution in [-0.2, 0) is 14.8 Å². The van der Waals surface area contributed by atoms with Crippen LogP contribution in [0.15, 0.2) is 41.4 Å². The largest absolute Gasteiger partial charge is 0.324 e. The van der Waals surface area contributed by atoms with Gasteiger partial charge in [-0.2, -0.15) is 4.98 Å². The van der Waals surface area contributed by atoms with Crippen molar-refractivity contribution >= 4 is 33.4 Å². The Morgan fingerprint density at radius 2 is 1.85 bits per heavy atom. The van der Waals surface area contributed by atoms with Crippen molar-refractivity contribution in [1.82, 2.24) is 9.97 Å². The Morgan fingerprint density at radius 3 is 2.41 bits per heavy atom. The maximum atomic E-state index is 12.9. The summed E-state index contributed by atoms with van der Waals surface area (Å²) in [6, 6.07) is 7.69. The fraction of sp³-hybridized carbons (Fsp3) is 0.389. The SMILES string of the molecule is CCC1(CC)CCN(c2ccnc(Nc3ccc(S(N)(=O)=O)cc3)n2)C1=O. The molecule has 1 saturated heterocycles. The number of nitrogens with zero attached hydrogens (tertiary/aromatic N) is 3. The van der Waals surface area contributed by atoms with Gasteiger partial charge in [0.2, 0.25) is 21.9 Å². The standard InChI is InChI=1S/C18H23N5O3S/c1-3-18(4-2)10-12-23(16(18)24)15-9-11-20-17(22-15)21-13-5-7-14(8-6-13)27(19,25)26/h5-9,11H,3-4,10,12H2,1-2H3,(H2,19,25,26)(H,20,21,22). The predicted octanol–water partition coefficient (Wildman–Crippen LogP) is 2.41. The summed E-state index contributed by atoms with van der Waals surface area (Å²) in [7, 11) is -3.74. The summed E-state index contributed by atoms with van der Waals surface area (Å²) in [4.78, 5) is 23.2. The van der Waals surface area contributed by atoms with Gasteiger partial charge in [0, 0.05) is 18.4 Å². The molecule has 1 aliphatic heterocycles. The minimum absolute atomic E-state index is 0.0286. The van der Waals surface area contributed by atoms with Gasteiger partial charge >= 0.3 is 0 Å². The van der Waals surface area contributed by atoms with E-state index in [2.05, 4.69) is 15.3 Å². The second kappa shape index (κ2) is 7.24. The van der Waals surface area contributed by atoms with Crippen molar-refractivity contribution in [2.45, 2.75) is 38.0 Å². The van der Waals surface area contributed by atoms with Gasteiger partial charge in [0.25, 0.3) is 0 Å². The zero-order valence-corrected chi connectivity index (χ0v) is 16.2. The summed E-state index contributed by atoms with van der Waals surface area (Å²) in [5.74, 6) is 0.992. The van der Waals surface area contributed by atoms with E-state index in [1.807, 2.05) is 13.8 Å². The molecule has 144 valence electrons. The number of anilines is 3. The van der Waals surface area contributed by atoms with E-state index in [9.17, 15) is 13.2 Å². The minimum atomic E-state index is -3.74. The number of primary sulfonamides is 1. The maximum Gasteiger partial charge on any atom is 0.238 e. The Balaban J connectivity index is 1.80. The van der Waals surface area contributed by atoms with Crippen LogP contribution in [-0.4, -0.2) is 30.8 Å². The van der Waals surface area contributed by atoms with E-state index in [0.717, 1.165) is 19.3 Å². The molecule has 1 fully saturated rings. The Morgan fingerprint density at radius 1 is 1.19 bits per heavy atom. The summed E-state index contributed by atoms with van der Waals surface area (Å²) in [5.41, 5.74) is 0.311. The Hall–Kier alpha value is -2.52. The summed E-state index contributed by atoms with van der Waals surface area (Å²) in [6.45, 7) is 4.73. The first-order valence-corrected chi connectivity index (χ1v) is 10.4. The molecule has 1 aromatic heterocycles. The average Bonchev–Trinajstić information content (AvgIpc) is 2.98. The molecule has 1 aromatic carbocycles. The van der Waals surface area contributed by atoms with Crippen molar-refractivity contribution < 1.29 is 13.2 Å². The van der Waals surface area contributed by atoms with Gasteiger partial charge in [-0.05, 0) is 49.6 Å². The summed E-state index contributed by atoms with van der Waals surface area (Å²) >= 11 is 0. The molecule has 9 heteroatoms. The number of carbonyl (C=O) groups excluding carboxylic acids is 1.